The molecule has 2 bridgehead atoms. The third kappa shape index (κ3) is 2.00. The van der Waals surface area contributed by atoms with E-state index in [1.165, 1.54) is 45.3 Å². The molecule has 1 spiro atoms. The topological polar surface area (TPSA) is 21.7 Å². The van der Waals surface area contributed by atoms with Gasteiger partial charge in [0.25, 0.3) is 0 Å². The summed E-state index contributed by atoms with van der Waals surface area (Å²) in [6.07, 6.45) is 8.24. The van der Waals surface area contributed by atoms with Gasteiger partial charge in [0, 0.05) is 32.5 Å². The second kappa shape index (κ2) is 4.46. The largest absolute Gasteiger partial charge is 0.347 e. The minimum Gasteiger partial charge on any atom is -0.347 e. The molecule has 4 rings (SSSR count). The minimum absolute atomic E-state index is 0.189. The Kier molecular flexibility index (Phi) is 2.90. The van der Waals surface area contributed by atoms with Crippen LogP contribution in [0.3, 0.4) is 0 Å². The van der Waals surface area contributed by atoms with Gasteiger partial charge >= 0.3 is 0 Å². The standard InChI is InChI=1S/C15H25NO2/c1-2-13-9-12(1)10-14(13)11-16-5-3-15(4-6-16)17-7-8-18-15/h12-14H,1-11H2. The third-order valence-electron chi connectivity index (χ3n) is 5.81. The molecular weight excluding hydrogens is 226 g/mol. The van der Waals surface area contributed by atoms with Crippen LogP contribution < -0.4 is 0 Å². The zero-order valence-electron chi connectivity index (χ0n) is 11.3. The first-order chi connectivity index (χ1) is 8.83. The molecule has 3 heteroatoms. The van der Waals surface area contributed by atoms with Crippen molar-refractivity contribution < 1.29 is 9.47 Å². The van der Waals surface area contributed by atoms with Crippen LogP contribution in [-0.2, 0) is 9.47 Å². The van der Waals surface area contributed by atoms with Crippen LogP contribution >= 0.6 is 0 Å². The Balaban J connectivity index is 1.30. The van der Waals surface area contributed by atoms with Crippen LogP contribution in [0.1, 0.15) is 38.5 Å². The van der Waals surface area contributed by atoms with Gasteiger partial charge in [-0.25, -0.2) is 0 Å². The van der Waals surface area contributed by atoms with Gasteiger partial charge in [0.05, 0.1) is 13.2 Å². The molecule has 2 aliphatic carbocycles. The molecule has 0 aromatic heterocycles. The maximum Gasteiger partial charge on any atom is 0.170 e. The van der Waals surface area contributed by atoms with Crippen molar-refractivity contribution >= 4 is 0 Å². The van der Waals surface area contributed by atoms with E-state index in [0.717, 1.165) is 43.8 Å². The monoisotopic (exact) mass is 251 g/mol. The molecule has 3 nitrogen and oxygen atoms in total. The fourth-order valence-corrected chi connectivity index (χ4v) is 4.79. The molecule has 2 saturated carbocycles. The molecule has 3 atom stereocenters. The van der Waals surface area contributed by atoms with Crippen LogP contribution in [-0.4, -0.2) is 43.5 Å². The molecule has 2 aliphatic heterocycles. The molecule has 0 aromatic rings. The van der Waals surface area contributed by atoms with Gasteiger partial charge in [0.1, 0.15) is 0 Å². The Morgan fingerprint density at radius 1 is 1.00 bits per heavy atom. The lowest BCUT2D eigenvalue weighted by atomic mass is 9.88. The molecule has 0 radical (unpaired) electrons. The number of rotatable bonds is 2. The molecule has 3 unspecified atom stereocenters. The van der Waals surface area contributed by atoms with E-state index in [-0.39, 0.29) is 5.79 Å². The molecule has 0 aromatic carbocycles. The van der Waals surface area contributed by atoms with Crippen molar-refractivity contribution in [3.8, 4) is 0 Å². The quantitative estimate of drug-likeness (QED) is 0.751. The van der Waals surface area contributed by atoms with E-state index < -0.39 is 0 Å². The first-order valence-corrected chi connectivity index (χ1v) is 7.83. The van der Waals surface area contributed by atoms with Crippen LogP contribution in [0.25, 0.3) is 0 Å². The van der Waals surface area contributed by atoms with Gasteiger partial charge < -0.3 is 14.4 Å². The molecular formula is C15H25NO2. The van der Waals surface area contributed by atoms with Crippen molar-refractivity contribution in [2.45, 2.75) is 44.3 Å². The fourth-order valence-electron chi connectivity index (χ4n) is 4.79. The van der Waals surface area contributed by atoms with Gasteiger partial charge in [-0.2, -0.15) is 0 Å². The molecule has 102 valence electrons. The average Bonchev–Trinajstić information content (AvgIpc) is 3.09. The van der Waals surface area contributed by atoms with Gasteiger partial charge in [-0.3, -0.25) is 0 Å². The summed E-state index contributed by atoms with van der Waals surface area (Å²) in [5.74, 6) is 2.95. The summed E-state index contributed by atoms with van der Waals surface area (Å²) >= 11 is 0. The predicted molar refractivity (Wildman–Crippen MR) is 69.2 cm³/mol. The van der Waals surface area contributed by atoms with Gasteiger partial charge in [0.2, 0.25) is 0 Å². The first-order valence-electron chi connectivity index (χ1n) is 7.83. The van der Waals surface area contributed by atoms with E-state index >= 15 is 0 Å². The lowest BCUT2D eigenvalue weighted by Gasteiger charge is -2.39. The van der Waals surface area contributed by atoms with Crippen molar-refractivity contribution in [1.82, 2.24) is 4.90 Å². The molecule has 0 N–H and O–H groups in total. The highest BCUT2D eigenvalue weighted by molar-refractivity contribution is 4.92. The highest BCUT2D eigenvalue weighted by Gasteiger charge is 2.43. The maximum atomic E-state index is 5.80. The summed E-state index contributed by atoms with van der Waals surface area (Å²) in [6.45, 7) is 5.29. The van der Waals surface area contributed by atoms with Crippen molar-refractivity contribution in [3.63, 3.8) is 0 Å². The van der Waals surface area contributed by atoms with Crippen LogP contribution in [0.2, 0.25) is 0 Å². The van der Waals surface area contributed by atoms with E-state index in [4.69, 9.17) is 9.47 Å². The van der Waals surface area contributed by atoms with Gasteiger partial charge in [-0.05, 0) is 37.0 Å². The summed E-state index contributed by atoms with van der Waals surface area (Å²) in [6, 6.07) is 0. The van der Waals surface area contributed by atoms with Crippen molar-refractivity contribution in [3.05, 3.63) is 0 Å². The molecule has 18 heavy (non-hydrogen) atoms. The van der Waals surface area contributed by atoms with Crippen LogP contribution in [0.15, 0.2) is 0 Å². The lowest BCUT2D eigenvalue weighted by molar-refractivity contribution is -0.186. The Hall–Kier alpha value is -0.120. The Bertz CT molecular complexity index is 304. The van der Waals surface area contributed by atoms with Gasteiger partial charge in [-0.15, -0.1) is 0 Å². The minimum atomic E-state index is -0.189. The number of nitrogens with zero attached hydrogens (tertiary/aromatic N) is 1. The molecule has 4 fully saturated rings. The summed E-state index contributed by atoms with van der Waals surface area (Å²) in [5, 5.41) is 0. The normalized spacial score (nSPS) is 43.0. The SMILES string of the molecule is C1COC2(CCN(CC3CC4CCC3C4)CC2)O1. The highest BCUT2D eigenvalue weighted by atomic mass is 16.7. The van der Waals surface area contributed by atoms with E-state index in [1.54, 1.807) is 0 Å². The average molecular weight is 251 g/mol. The van der Waals surface area contributed by atoms with Crippen molar-refractivity contribution in [2.24, 2.45) is 17.8 Å². The highest BCUT2D eigenvalue weighted by Crippen LogP contribution is 2.48. The summed E-state index contributed by atoms with van der Waals surface area (Å²) in [5.41, 5.74) is 0. The van der Waals surface area contributed by atoms with E-state index in [2.05, 4.69) is 4.90 Å². The number of fused-ring (bicyclic) bond motifs is 2. The Labute approximate surface area is 110 Å². The second-order valence-corrected chi connectivity index (χ2v) is 6.84. The predicted octanol–water partition coefficient (Wildman–Crippen LogP) is 2.26. The number of ether oxygens (including phenoxy) is 2. The zero-order chi connectivity index (χ0) is 12.0. The summed E-state index contributed by atoms with van der Waals surface area (Å²) in [4.78, 5) is 2.67. The molecule has 2 heterocycles. The number of likely N-dealkylation sites (tertiary alicyclic amines) is 1. The van der Waals surface area contributed by atoms with Crippen LogP contribution in [0.5, 0.6) is 0 Å². The first kappa shape index (κ1) is 11.7. The van der Waals surface area contributed by atoms with E-state index in [9.17, 15) is 0 Å². The Morgan fingerprint density at radius 2 is 1.78 bits per heavy atom. The zero-order valence-corrected chi connectivity index (χ0v) is 11.3. The second-order valence-electron chi connectivity index (χ2n) is 6.84. The molecule has 2 saturated heterocycles. The number of piperidine rings is 1. The fraction of sp³-hybridized carbons (Fsp3) is 1.00. The third-order valence-corrected chi connectivity index (χ3v) is 5.81. The van der Waals surface area contributed by atoms with E-state index in [1.807, 2.05) is 0 Å². The van der Waals surface area contributed by atoms with Crippen molar-refractivity contribution in [2.75, 3.05) is 32.8 Å². The van der Waals surface area contributed by atoms with Crippen molar-refractivity contribution in [1.29, 1.82) is 0 Å². The Morgan fingerprint density at radius 3 is 2.39 bits per heavy atom. The summed E-state index contributed by atoms with van der Waals surface area (Å²) < 4.78 is 11.6. The number of hydrogen-bond donors (Lipinski definition) is 0. The molecule has 0 amide bonds. The van der Waals surface area contributed by atoms with Gasteiger partial charge in [-0.1, -0.05) is 6.42 Å². The maximum absolute atomic E-state index is 5.80. The molecule has 4 aliphatic rings. The lowest BCUT2D eigenvalue weighted by Crippen LogP contribution is -2.46. The summed E-state index contributed by atoms with van der Waals surface area (Å²) in [7, 11) is 0. The van der Waals surface area contributed by atoms with Crippen LogP contribution in [0, 0.1) is 17.8 Å². The smallest absolute Gasteiger partial charge is 0.170 e. The van der Waals surface area contributed by atoms with Crippen LogP contribution in [0.4, 0.5) is 0 Å². The number of hydrogen-bond acceptors (Lipinski definition) is 3. The van der Waals surface area contributed by atoms with Gasteiger partial charge in [0.15, 0.2) is 5.79 Å². The van der Waals surface area contributed by atoms with E-state index in [0.29, 0.717) is 0 Å².